The van der Waals surface area contributed by atoms with Gasteiger partial charge in [0.25, 0.3) is 0 Å². The molecule has 2 N–H and O–H groups in total. The summed E-state index contributed by atoms with van der Waals surface area (Å²) in [6, 6.07) is 0.866. The number of carbonyl (C=O) groups excluding carboxylic acids is 1. The number of aromatic hydroxyl groups is 1. The first-order chi connectivity index (χ1) is 17.1. The summed E-state index contributed by atoms with van der Waals surface area (Å²) < 4.78 is 17.3. The van der Waals surface area contributed by atoms with Crippen molar-refractivity contribution < 1.29 is 24.1 Å². The number of phenolic OH excluding ortho intramolecular Hbond substituents is 1. The fourth-order valence-electron chi connectivity index (χ4n) is 7.77. The quantitative estimate of drug-likeness (QED) is 0.424. The Balaban J connectivity index is 1.28. The molecule has 1 saturated heterocycles. The van der Waals surface area contributed by atoms with Gasteiger partial charge in [-0.15, -0.1) is 0 Å². The van der Waals surface area contributed by atoms with Gasteiger partial charge in [0.1, 0.15) is 5.60 Å². The van der Waals surface area contributed by atoms with Crippen LogP contribution in [0.15, 0.2) is 0 Å². The predicted octanol–water partition coefficient (Wildman–Crippen LogP) is 4.66. The molecule has 7 nitrogen and oxygen atoms in total. The summed E-state index contributed by atoms with van der Waals surface area (Å²) in [6.07, 6.45) is 8.40. The maximum absolute atomic E-state index is 12.4. The number of likely N-dealkylation sites (tertiary alicyclic amines) is 1. The lowest BCUT2D eigenvalue weighted by atomic mass is 9.51. The van der Waals surface area contributed by atoms with E-state index in [4.69, 9.17) is 14.2 Å². The fraction of sp³-hybridized carbons (Fsp3) is 0.759. The third-order valence-corrected chi connectivity index (χ3v) is 9.24. The molecule has 0 spiro atoms. The van der Waals surface area contributed by atoms with Gasteiger partial charge in [0.15, 0.2) is 11.5 Å². The number of rotatable bonds is 7. The smallest absolute Gasteiger partial charge is 0.307 e. The molecule has 6 rings (SSSR count). The summed E-state index contributed by atoms with van der Waals surface area (Å²) in [4.78, 5) is 15.2. The highest BCUT2D eigenvalue weighted by atomic mass is 16.6. The van der Waals surface area contributed by atoms with Crippen LogP contribution < -0.4 is 14.8 Å². The number of fused-ring (bicyclic) bond motifs is 3. The molecule has 1 unspecified atom stereocenters. The van der Waals surface area contributed by atoms with Gasteiger partial charge >= 0.3 is 5.97 Å². The highest BCUT2D eigenvalue weighted by Crippen LogP contribution is 2.68. The SMILES string of the molecule is COc1c(O)c2c(c3c1[C@]14CCN(CC5CC5)[C@H](C3)[C@@H]1CC[C@@H](NC(C)CC(=O)OC(C)(C)C)C4)O2. The predicted molar refractivity (Wildman–Crippen MR) is 137 cm³/mol. The molecule has 36 heavy (non-hydrogen) atoms. The number of piperidine rings is 1. The van der Waals surface area contributed by atoms with Crippen LogP contribution in [0, 0.1) is 11.8 Å². The van der Waals surface area contributed by atoms with Crippen molar-refractivity contribution in [1.82, 2.24) is 10.2 Å². The average molecular weight is 499 g/mol. The number of carbonyl (C=O) groups is 1. The number of esters is 1. The van der Waals surface area contributed by atoms with Crippen LogP contribution >= 0.6 is 0 Å². The lowest BCUT2D eigenvalue weighted by Crippen LogP contribution is -2.63. The summed E-state index contributed by atoms with van der Waals surface area (Å²) in [5.74, 6) is 3.57. The Kier molecular flexibility index (Phi) is 5.76. The van der Waals surface area contributed by atoms with Gasteiger partial charge in [-0.1, -0.05) is 0 Å². The minimum absolute atomic E-state index is 0.0406. The largest absolute Gasteiger partial charge is 0.502 e. The Labute approximate surface area is 214 Å². The van der Waals surface area contributed by atoms with E-state index in [-0.39, 0.29) is 23.2 Å². The van der Waals surface area contributed by atoms with E-state index in [2.05, 4.69) is 17.1 Å². The van der Waals surface area contributed by atoms with Crippen molar-refractivity contribution in [3.05, 3.63) is 11.1 Å². The second-order valence-electron chi connectivity index (χ2n) is 13.1. The van der Waals surface area contributed by atoms with E-state index < -0.39 is 5.60 Å². The first kappa shape index (κ1) is 24.4. The summed E-state index contributed by atoms with van der Waals surface area (Å²) in [7, 11) is 1.67. The molecular formula is C29H42N2O5. The molecular weight excluding hydrogens is 456 g/mol. The maximum Gasteiger partial charge on any atom is 0.307 e. The van der Waals surface area contributed by atoms with Crippen LogP contribution in [0.3, 0.4) is 0 Å². The minimum atomic E-state index is -0.466. The molecule has 2 heterocycles. The summed E-state index contributed by atoms with van der Waals surface area (Å²) in [5.41, 5.74) is 1.96. The third kappa shape index (κ3) is 4.16. The van der Waals surface area contributed by atoms with Gasteiger partial charge in [-0.3, -0.25) is 9.69 Å². The summed E-state index contributed by atoms with van der Waals surface area (Å²) in [6.45, 7) is 10.1. The van der Waals surface area contributed by atoms with Crippen molar-refractivity contribution in [1.29, 1.82) is 0 Å². The van der Waals surface area contributed by atoms with E-state index in [0.717, 1.165) is 50.3 Å². The second kappa shape index (κ2) is 8.52. The Hall–Kier alpha value is -1.99. The molecule has 3 aliphatic carbocycles. The molecule has 3 fully saturated rings. The van der Waals surface area contributed by atoms with Gasteiger partial charge in [0, 0.05) is 41.2 Å². The lowest BCUT2D eigenvalue weighted by molar-refractivity contribution is -0.155. The van der Waals surface area contributed by atoms with E-state index in [0.29, 0.717) is 35.9 Å². The molecule has 0 radical (unpaired) electrons. The normalized spacial score (nSPS) is 31.4. The topological polar surface area (TPSA) is 83.6 Å². The monoisotopic (exact) mass is 498 g/mol. The van der Waals surface area contributed by atoms with E-state index in [1.165, 1.54) is 30.5 Å². The van der Waals surface area contributed by atoms with Gasteiger partial charge < -0.3 is 24.6 Å². The Morgan fingerprint density at radius 1 is 1.25 bits per heavy atom. The summed E-state index contributed by atoms with van der Waals surface area (Å²) in [5, 5.41) is 14.7. The standard InChI is InChI=1S/C29H42N2O5/c1-16(12-22(32)36-28(2,3)4)30-18-8-9-20-21-13-19-23(26(34-5)24(33)27-25(19)35-27)29(20,14-18)10-11-31(21)15-17-6-7-17/h16-18,20-21,30,33H,6-15H2,1-5H3/t16?,18-,20+,21-,29+/m1/s1. The maximum atomic E-state index is 12.4. The van der Waals surface area contributed by atoms with Crippen molar-refractivity contribution in [3.63, 3.8) is 0 Å². The van der Waals surface area contributed by atoms with E-state index in [1.807, 2.05) is 20.8 Å². The van der Waals surface area contributed by atoms with Crippen LogP contribution in [0.25, 0.3) is 0 Å². The first-order valence-corrected chi connectivity index (χ1v) is 14.0. The number of methoxy groups -OCH3 is 1. The molecule has 0 aromatic heterocycles. The van der Waals surface area contributed by atoms with E-state index >= 15 is 0 Å². The van der Waals surface area contributed by atoms with Crippen molar-refractivity contribution >= 4 is 5.97 Å². The van der Waals surface area contributed by atoms with E-state index in [9.17, 15) is 9.90 Å². The van der Waals surface area contributed by atoms with Crippen molar-refractivity contribution in [3.8, 4) is 23.0 Å². The molecule has 5 aliphatic rings. The molecule has 2 bridgehead atoms. The zero-order chi connectivity index (χ0) is 25.4. The van der Waals surface area contributed by atoms with Crippen molar-refractivity contribution in [2.45, 2.75) is 108 Å². The van der Waals surface area contributed by atoms with Crippen molar-refractivity contribution in [2.24, 2.45) is 11.8 Å². The zero-order valence-corrected chi connectivity index (χ0v) is 22.5. The number of nitrogens with one attached hydrogen (secondary N) is 1. The average Bonchev–Trinajstić information content (AvgIpc) is 3.69. The Bertz CT molecular complexity index is 1060. The molecule has 0 amide bonds. The number of phenols is 1. The van der Waals surface area contributed by atoms with Gasteiger partial charge in [-0.25, -0.2) is 0 Å². The van der Waals surface area contributed by atoms with Crippen molar-refractivity contribution in [2.75, 3.05) is 20.2 Å². The van der Waals surface area contributed by atoms with Crippen LogP contribution in [0.1, 0.15) is 83.8 Å². The number of hydrogen-bond acceptors (Lipinski definition) is 7. The molecule has 1 aromatic carbocycles. The van der Waals surface area contributed by atoms with Crippen LogP contribution in [-0.4, -0.2) is 59.9 Å². The lowest BCUT2D eigenvalue weighted by Gasteiger charge is -2.60. The van der Waals surface area contributed by atoms with Crippen LogP contribution in [-0.2, 0) is 21.4 Å². The van der Waals surface area contributed by atoms with Gasteiger partial charge in [-0.2, -0.15) is 0 Å². The molecule has 198 valence electrons. The summed E-state index contributed by atoms with van der Waals surface area (Å²) >= 11 is 0. The van der Waals surface area contributed by atoms with Gasteiger partial charge in [-0.05, 0) is 91.0 Å². The second-order valence-corrected chi connectivity index (χ2v) is 13.1. The first-order valence-electron chi connectivity index (χ1n) is 14.0. The van der Waals surface area contributed by atoms with Crippen LogP contribution in [0.5, 0.6) is 23.0 Å². The minimum Gasteiger partial charge on any atom is -0.502 e. The van der Waals surface area contributed by atoms with Gasteiger partial charge in [0.05, 0.1) is 13.5 Å². The highest BCUT2D eigenvalue weighted by molar-refractivity contribution is 5.77. The Morgan fingerprint density at radius 2 is 2.03 bits per heavy atom. The molecule has 2 aliphatic heterocycles. The number of hydrogen-bond donors (Lipinski definition) is 2. The molecule has 2 saturated carbocycles. The number of benzene rings is 1. The van der Waals surface area contributed by atoms with Gasteiger partial charge in [0.2, 0.25) is 11.5 Å². The fourth-order valence-corrected chi connectivity index (χ4v) is 7.77. The van der Waals surface area contributed by atoms with Crippen LogP contribution in [0.4, 0.5) is 0 Å². The molecule has 5 atom stereocenters. The van der Waals surface area contributed by atoms with E-state index in [1.54, 1.807) is 7.11 Å². The Morgan fingerprint density at radius 3 is 2.72 bits per heavy atom. The number of ether oxygens (including phenoxy) is 3. The number of nitrogens with zero attached hydrogens (tertiary/aromatic N) is 1. The molecule has 7 heteroatoms. The highest BCUT2D eigenvalue weighted by Gasteiger charge is 2.59. The molecule has 1 aromatic rings. The van der Waals surface area contributed by atoms with Crippen LogP contribution in [0.2, 0.25) is 0 Å². The third-order valence-electron chi connectivity index (χ3n) is 9.24. The zero-order valence-electron chi connectivity index (χ0n) is 22.5.